The predicted octanol–water partition coefficient (Wildman–Crippen LogP) is 2.08. The molecule has 26 heavy (non-hydrogen) atoms. The van der Waals surface area contributed by atoms with E-state index < -0.39 is 18.4 Å². The Balaban J connectivity index is 2.94. The molecule has 1 unspecified atom stereocenters. The van der Waals surface area contributed by atoms with Crippen molar-refractivity contribution in [2.45, 2.75) is 39.6 Å². The molecule has 1 rings (SSSR count). The largest absolute Gasteiger partial charge is 0.497 e. The van der Waals surface area contributed by atoms with Crippen molar-refractivity contribution in [3.63, 3.8) is 0 Å². The van der Waals surface area contributed by atoms with Gasteiger partial charge in [-0.25, -0.2) is 4.79 Å². The van der Waals surface area contributed by atoms with E-state index in [1.165, 1.54) is 11.8 Å². The molecule has 0 saturated heterocycles. The second-order valence-corrected chi connectivity index (χ2v) is 5.58. The van der Waals surface area contributed by atoms with Gasteiger partial charge in [-0.15, -0.1) is 0 Å². The Labute approximate surface area is 154 Å². The minimum Gasteiger partial charge on any atom is -0.497 e. The second-order valence-electron chi connectivity index (χ2n) is 5.58. The monoisotopic (exact) mass is 368 g/mol. The average molecular weight is 368 g/mol. The molecular formula is C18H28N2O6. The molecule has 0 spiro atoms. The van der Waals surface area contributed by atoms with Gasteiger partial charge in [0.15, 0.2) is 6.29 Å². The number of amides is 2. The number of nitrogens with zero attached hydrogens (tertiary/aromatic N) is 1. The van der Waals surface area contributed by atoms with E-state index >= 15 is 0 Å². The van der Waals surface area contributed by atoms with Gasteiger partial charge in [-0.2, -0.15) is 0 Å². The van der Waals surface area contributed by atoms with Gasteiger partial charge in [0.25, 0.3) is 0 Å². The lowest BCUT2D eigenvalue weighted by Gasteiger charge is -2.29. The summed E-state index contributed by atoms with van der Waals surface area (Å²) >= 11 is 0. The number of carbonyl (C=O) groups is 2. The zero-order chi connectivity index (χ0) is 19.5. The number of carbonyl (C=O) groups excluding carboxylic acids is 1. The van der Waals surface area contributed by atoms with E-state index in [1.54, 1.807) is 19.2 Å². The molecule has 1 atom stereocenters. The summed E-state index contributed by atoms with van der Waals surface area (Å²) in [6, 6.07) is 6.43. The SMILES string of the molecule is CCOC(CN(Cc1ccc(OC)cc1)C(=O)C(C)NC(=O)O)OCC. The van der Waals surface area contributed by atoms with Crippen molar-refractivity contribution in [2.75, 3.05) is 26.9 Å². The Kier molecular flexibility index (Phi) is 9.46. The van der Waals surface area contributed by atoms with Gasteiger partial charge in [0.05, 0.1) is 13.7 Å². The van der Waals surface area contributed by atoms with Crippen molar-refractivity contribution in [1.82, 2.24) is 10.2 Å². The Morgan fingerprint density at radius 1 is 1.15 bits per heavy atom. The van der Waals surface area contributed by atoms with E-state index in [2.05, 4.69) is 5.32 Å². The molecule has 1 aromatic carbocycles. The maximum atomic E-state index is 12.7. The molecule has 0 bridgehead atoms. The molecule has 2 N–H and O–H groups in total. The minimum atomic E-state index is -1.25. The second kappa shape index (κ2) is 11.3. The van der Waals surface area contributed by atoms with Crippen LogP contribution in [0.1, 0.15) is 26.3 Å². The van der Waals surface area contributed by atoms with E-state index in [-0.39, 0.29) is 12.5 Å². The summed E-state index contributed by atoms with van der Waals surface area (Å²) in [7, 11) is 1.58. The highest BCUT2D eigenvalue weighted by molar-refractivity contribution is 5.84. The lowest BCUT2D eigenvalue weighted by Crippen LogP contribution is -2.49. The van der Waals surface area contributed by atoms with Crippen LogP contribution in [-0.4, -0.2) is 61.2 Å². The third kappa shape index (κ3) is 7.28. The first-order valence-electron chi connectivity index (χ1n) is 8.55. The van der Waals surface area contributed by atoms with E-state index in [4.69, 9.17) is 19.3 Å². The Morgan fingerprint density at radius 3 is 2.19 bits per heavy atom. The third-order valence-electron chi connectivity index (χ3n) is 3.63. The first-order valence-corrected chi connectivity index (χ1v) is 8.55. The maximum Gasteiger partial charge on any atom is 0.405 e. The summed E-state index contributed by atoms with van der Waals surface area (Å²) in [5.41, 5.74) is 0.883. The van der Waals surface area contributed by atoms with Crippen LogP contribution < -0.4 is 10.1 Å². The van der Waals surface area contributed by atoms with Crippen molar-refractivity contribution in [2.24, 2.45) is 0 Å². The van der Waals surface area contributed by atoms with Gasteiger partial charge in [0, 0.05) is 19.8 Å². The van der Waals surface area contributed by atoms with Gasteiger partial charge in [-0.05, 0) is 38.5 Å². The highest BCUT2D eigenvalue weighted by atomic mass is 16.7. The highest BCUT2D eigenvalue weighted by Gasteiger charge is 2.25. The lowest BCUT2D eigenvalue weighted by molar-refractivity contribution is -0.160. The fourth-order valence-electron chi connectivity index (χ4n) is 2.41. The van der Waals surface area contributed by atoms with E-state index in [1.807, 2.05) is 26.0 Å². The summed E-state index contributed by atoms with van der Waals surface area (Å²) in [4.78, 5) is 25.1. The predicted molar refractivity (Wildman–Crippen MR) is 96.1 cm³/mol. The fourth-order valence-corrected chi connectivity index (χ4v) is 2.41. The summed E-state index contributed by atoms with van der Waals surface area (Å²) in [5.74, 6) is 0.363. The number of benzene rings is 1. The molecule has 0 radical (unpaired) electrons. The topological polar surface area (TPSA) is 97.3 Å². The first-order chi connectivity index (χ1) is 12.4. The Bertz CT molecular complexity index is 557. The molecule has 0 fully saturated rings. The standard InChI is InChI=1S/C18H28N2O6/c1-5-25-16(26-6-2)12-20(17(21)13(3)19-18(22)23)11-14-7-9-15(24-4)10-8-14/h7-10,13,16,19H,5-6,11-12H2,1-4H3,(H,22,23). The zero-order valence-corrected chi connectivity index (χ0v) is 15.7. The number of hydrogen-bond donors (Lipinski definition) is 2. The van der Waals surface area contributed by atoms with Crippen LogP contribution in [0.2, 0.25) is 0 Å². The molecule has 2 amide bonds. The van der Waals surface area contributed by atoms with Crippen LogP contribution in [0.15, 0.2) is 24.3 Å². The van der Waals surface area contributed by atoms with Crippen LogP contribution in [0.5, 0.6) is 5.75 Å². The van der Waals surface area contributed by atoms with Crippen molar-refractivity contribution < 1.29 is 28.9 Å². The Morgan fingerprint density at radius 2 is 1.73 bits per heavy atom. The van der Waals surface area contributed by atoms with Crippen molar-refractivity contribution >= 4 is 12.0 Å². The van der Waals surface area contributed by atoms with Crippen LogP contribution in [0.25, 0.3) is 0 Å². The first kappa shape index (κ1) is 21.7. The number of rotatable bonds is 11. The smallest absolute Gasteiger partial charge is 0.405 e. The Hall–Kier alpha value is -2.32. The van der Waals surface area contributed by atoms with Crippen LogP contribution in [0.3, 0.4) is 0 Å². The summed E-state index contributed by atoms with van der Waals surface area (Å²) in [5, 5.41) is 11.1. The van der Waals surface area contributed by atoms with Gasteiger partial charge >= 0.3 is 6.09 Å². The van der Waals surface area contributed by atoms with Crippen LogP contribution in [-0.2, 0) is 20.8 Å². The van der Waals surface area contributed by atoms with Crippen molar-refractivity contribution in [1.29, 1.82) is 0 Å². The molecule has 0 aliphatic heterocycles. The molecular weight excluding hydrogens is 340 g/mol. The fraction of sp³-hybridized carbons (Fsp3) is 0.556. The maximum absolute atomic E-state index is 12.7. The van der Waals surface area contributed by atoms with Gasteiger partial charge in [0.2, 0.25) is 5.91 Å². The third-order valence-corrected chi connectivity index (χ3v) is 3.63. The van der Waals surface area contributed by atoms with E-state index in [0.29, 0.717) is 25.5 Å². The highest BCUT2D eigenvalue weighted by Crippen LogP contribution is 2.14. The van der Waals surface area contributed by atoms with Gasteiger partial charge in [-0.1, -0.05) is 12.1 Å². The lowest BCUT2D eigenvalue weighted by atomic mass is 10.2. The van der Waals surface area contributed by atoms with Crippen LogP contribution in [0.4, 0.5) is 4.79 Å². The molecule has 8 nitrogen and oxygen atoms in total. The van der Waals surface area contributed by atoms with Crippen LogP contribution >= 0.6 is 0 Å². The normalized spacial score (nSPS) is 11.9. The number of ether oxygens (including phenoxy) is 3. The molecule has 0 aliphatic carbocycles. The van der Waals surface area contributed by atoms with Gasteiger partial charge in [0.1, 0.15) is 11.8 Å². The summed E-state index contributed by atoms with van der Waals surface area (Å²) in [6.07, 6.45) is -1.83. The van der Waals surface area contributed by atoms with E-state index in [0.717, 1.165) is 5.56 Å². The number of methoxy groups -OCH3 is 1. The molecule has 0 aromatic heterocycles. The van der Waals surface area contributed by atoms with Crippen LogP contribution in [0, 0.1) is 0 Å². The average Bonchev–Trinajstić information content (AvgIpc) is 2.61. The summed E-state index contributed by atoms with van der Waals surface area (Å²) < 4.78 is 16.2. The van der Waals surface area contributed by atoms with Crippen molar-refractivity contribution in [3.8, 4) is 5.75 Å². The summed E-state index contributed by atoms with van der Waals surface area (Å²) in [6.45, 7) is 6.57. The number of carboxylic acid groups (broad SMARTS) is 1. The molecule has 8 heteroatoms. The van der Waals surface area contributed by atoms with Gasteiger partial charge in [-0.3, -0.25) is 4.79 Å². The van der Waals surface area contributed by atoms with Gasteiger partial charge < -0.3 is 29.5 Å². The number of hydrogen-bond acceptors (Lipinski definition) is 5. The zero-order valence-electron chi connectivity index (χ0n) is 15.7. The molecule has 1 aromatic rings. The van der Waals surface area contributed by atoms with Crippen molar-refractivity contribution in [3.05, 3.63) is 29.8 Å². The van der Waals surface area contributed by atoms with E-state index in [9.17, 15) is 9.59 Å². The molecule has 146 valence electrons. The molecule has 0 heterocycles. The molecule has 0 saturated carbocycles. The minimum absolute atomic E-state index is 0.193. The quantitative estimate of drug-likeness (QED) is 0.581. The molecule has 0 aliphatic rings. The number of nitrogens with one attached hydrogen (secondary N) is 1.